The third-order valence-corrected chi connectivity index (χ3v) is 6.15. The summed E-state index contributed by atoms with van der Waals surface area (Å²) in [5, 5.41) is 3.53. The van der Waals surface area contributed by atoms with Crippen LogP contribution in [0.15, 0.2) is 18.2 Å². The highest BCUT2D eigenvalue weighted by atomic mass is 15.2. The zero-order valence-corrected chi connectivity index (χ0v) is 14.6. The minimum Gasteiger partial charge on any atom is -0.373 e. The average Bonchev–Trinajstić information content (AvgIpc) is 2.82. The van der Waals surface area contributed by atoms with Crippen molar-refractivity contribution in [3.63, 3.8) is 0 Å². The van der Waals surface area contributed by atoms with Crippen LogP contribution in [0.25, 0.3) is 0 Å². The molecule has 1 aromatic carbocycles. The highest BCUT2D eigenvalue weighted by molar-refractivity contribution is 5.63. The molecule has 4 rings (SSSR count). The normalized spacial score (nSPS) is 25.0. The maximum atomic E-state index is 3.53. The standard InChI is InChI=1S/C19H30N4/c1-21-9-11-23(12-10-21)14-16-3-4-18-17(13-16)19(15-22(18)2)5-7-20-8-6-19/h3-4,13,20H,5-12,14-15H2,1-2H3. The minimum atomic E-state index is 0.396. The number of fused-ring (bicyclic) bond motifs is 2. The van der Waals surface area contributed by atoms with Crippen LogP contribution in [0.3, 0.4) is 0 Å². The Labute approximate surface area is 140 Å². The van der Waals surface area contributed by atoms with Gasteiger partial charge < -0.3 is 15.1 Å². The first-order chi connectivity index (χ1) is 11.2. The summed E-state index contributed by atoms with van der Waals surface area (Å²) in [5.41, 5.74) is 4.98. The van der Waals surface area contributed by atoms with Gasteiger partial charge in [0.1, 0.15) is 0 Å². The number of nitrogens with one attached hydrogen (secondary N) is 1. The van der Waals surface area contributed by atoms with E-state index in [1.165, 1.54) is 56.8 Å². The van der Waals surface area contributed by atoms with Crippen molar-refractivity contribution in [2.45, 2.75) is 24.8 Å². The second-order valence-electron chi connectivity index (χ2n) is 7.82. The molecule has 0 aromatic heterocycles. The molecule has 4 nitrogen and oxygen atoms in total. The lowest BCUT2D eigenvalue weighted by Crippen LogP contribution is -2.44. The molecule has 3 heterocycles. The van der Waals surface area contributed by atoms with E-state index in [0.29, 0.717) is 5.41 Å². The number of likely N-dealkylation sites (N-methyl/N-ethyl adjacent to an activating group) is 2. The molecule has 4 heteroatoms. The van der Waals surface area contributed by atoms with Crippen LogP contribution in [0.1, 0.15) is 24.0 Å². The molecule has 3 aliphatic heterocycles. The molecule has 0 atom stereocenters. The highest BCUT2D eigenvalue weighted by Gasteiger charge is 2.42. The van der Waals surface area contributed by atoms with Gasteiger partial charge in [-0.2, -0.15) is 0 Å². The highest BCUT2D eigenvalue weighted by Crippen LogP contribution is 2.45. The lowest BCUT2D eigenvalue weighted by atomic mass is 9.74. The molecule has 2 saturated heterocycles. The van der Waals surface area contributed by atoms with Crippen LogP contribution < -0.4 is 10.2 Å². The van der Waals surface area contributed by atoms with Gasteiger partial charge in [0.2, 0.25) is 0 Å². The molecule has 1 aromatic rings. The summed E-state index contributed by atoms with van der Waals surface area (Å²) in [6.07, 6.45) is 2.56. The molecule has 126 valence electrons. The van der Waals surface area contributed by atoms with Gasteiger partial charge in [0.15, 0.2) is 0 Å². The van der Waals surface area contributed by atoms with Crippen molar-refractivity contribution in [3.8, 4) is 0 Å². The summed E-state index contributed by atoms with van der Waals surface area (Å²) < 4.78 is 0. The fraction of sp³-hybridized carbons (Fsp3) is 0.684. The van der Waals surface area contributed by atoms with Crippen molar-refractivity contribution < 1.29 is 0 Å². The molecular weight excluding hydrogens is 284 g/mol. The number of nitrogens with zero attached hydrogens (tertiary/aromatic N) is 3. The van der Waals surface area contributed by atoms with E-state index in [1.54, 1.807) is 5.56 Å². The quantitative estimate of drug-likeness (QED) is 0.893. The fourth-order valence-corrected chi connectivity index (χ4v) is 4.66. The maximum Gasteiger partial charge on any atom is 0.0403 e. The number of rotatable bonds is 2. The third-order valence-electron chi connectivity index (χ3n) is 6.15. The Hall–Kier alpha value is -1.10. The Morgan fingerprint density at radius 2 is 1.78 bits per heavy atom. The zero-order chi connectivity index (χ0) is 15.9. The summed E-state index contributed by atoms with van der Waals surface area (Å²) >= 11 is 0. The lowest BCUT2D eigenvalue weighted by Gasteiger charge is -2.35. The van der Waals surface area contributed by atoms with Crippen molar-refractivity contribution >= 4 is 5.69 Å². The lowest BCUT2D eigenvalue weighted by molar-refractivity contribution is 0.148. The number of anilines is 1. The van der Waals surface area contributed by atoms with E-state index in [4.69, 9.17) is 0 Å². The van der Waals surface area contributed by atoms with E-state index in [0.717, 1.165) is 19.6 Å². The fourth-order valence-electron chi connectivity index (χ4n) is 4.66. The zero-order valence-electron chi connectivity index (χ0n) is 14.6. The molecule has 0 amide bonds. The van der Waals surface area contributed by atoms with E-state index >= 15 is 0 Å². The molecule has 0 radical (unpaired) electrons. The van der Waals surface area contributed by atoms with Crippen LogP contribution in [-0.2, 0) is 12.0 Å². The van der Waals surface area contributed by atoms with E-state index in [9.17, 15) is 0 Å². The number of piperidine rings is 1. The predicted octanol–water partition coefficient (Wildman–Crippen LogP) is 1.51. The summed E-state index contributed by atoms with van der Waals surface area (Å²) in [6, 6.07) is 7.26. The molecule has 0 saturated carbocycles. The van der Waals surface area contributed by atoms with E-state index < -0.39 is 0 Å². The van der Waals surface area contributed by atoms with Gasteiger partial charge in [0.05, 0.1) is 0 Å². The summed E-state index contributed by atoms with van der Waals surface area (Å²) in [5.74, 6) is 0. The topological polar surface area (TPSA) is 21.8 Å². The summed E-state index contributed by atoms with van der Waals surface area (Å²) in [7, 11) is 4.49. The van der Waals surface area contributed by atoms with Crippen molar-refractivity contribution in [1.29, 1.82) is 0 Å². The van der Waals surface area contributed by atoms with Crippen LogP contribution in [-0.4, -0.2) is 69.7 Å². The summed E-state index contributed by atoms with van der Waals surface area (Å²) in [4.78, 5) is 7.51. The van der Waals surface area contributed by atoms with Gasteiger partial charge in [-0.15, -0.1) is 0 Å². The molecule has 1 N–H and O–H groups in total. The third kappa shape index (κ3) is 2.88. The second-order valence-corrected chi connectivity index (χ2v) is 7.82. The van der Waals surface area contributed by atoms with Gasteiger partial charge in [-0.25, -0.2) is 0 Å². The molecular formula is C19H30N4. The molecule has 0 aliphatic carbocycles. The van der Waals surface area contributed by atoms with Gasteiger partial charge in [0.25, 0.3) is 0 Å². The molecule has 1 spiro atoms. The first-order valence-electron chi connectivity index (χ1n) is 9.12. The molecule has 0 unspecified atom stereocenters. The smallest absolute Gasteiger partial charge is 0.0403 e. The SMILES string of the molecule is CN1CCN(Cc2ccc3c(c2)C2(CCNCC2)CN3C)CC1. The number of piperazine rings is 1. The van der Waals surface area contributed by atoms with Crippen LogP contribution in [0, 0.1) is 0 Å². The number of hydrogen-bond acceptors (Lipinski definition) is 4. The first-order valence-corrected chi connectivity index (χ1v) is 9.12. The van der Waals surface area contributed by atoms with Gasteiger partial charge in [0, 0.05) is 57.4 Å². The minimum absolute atomic E-state index is 0.396. The van der Waals surface area contributed by atoms with Crippen molar-refractivity contribution in [2.24, 2.45) is 0 Å². The monoisotopic (exact) mass is 314 g/mol. The van der Waals surface area contributed by atoms with Crippen LogP contribution in [0.2, 0.25) is 0 Å². The van der Waals surface area contributed by atoms with Crippen molar-refractivity contribution in [1.82, 2.24) is 15.1 Å². The van der Waals surface area contributed by atoms with Crippen LogP contribution in [0.5, 0.6) is 0 Å². The molecule has 23 heavy (non-hydrogen) atoms. The molecule has 0 bridgehead atoms. The Morgan fingerprint density at radius 1 is 1.04 bits per heavy atom. The first kappa shape index (κ1) is 15.4. The maximum absolute atomic E-state index is 3.53. The Morgan fingerprint density at radius 3 is 2.52 bits per heavy atom. The predicted molar refractivity (Wildman–Crippen MR) is 96.3 cm³/mol. The Balaban J connectivity index is 1.56. The van der Waals surface area contributed by atoms with Gasteiger partial charge in [-0.3, -0.25) is 4.90 Å². The largest absolute Gasteiger partial charge is 0.373 e. The van der Waals surface area contributed by atoms with Gasteiger partial charge in [-0.1, -0.05) is 12.1 Å². The van der Waals surface area contributed by atoms with Crippen LogP contribution in [0.4, 0.5) is 5.69 Å². The molecule has 2 fully saturated rings. The summed E-state index contributed by atoms with van der Waals surface area (Å²) in [6.45, 7) is 9.42. The van der Waals surface area contributed by atoms with E-state index in [1.807, 2.05) is 0 Å². The molecule has 3 aliphatic rings. The van der Waals surface area contributed by atoms with Gasteiger partial charge >= 0.3 is 0 Å². The van der Waals surface area contributed by atoms with E-state index in [-0.39, 0.29) is 0 Å². The average molecular weight is 314 g/mol. The van der Waals surface area contributed by atoms with Crippen molar-refractivity contribution in [3.05, 3.63) is 29.3 Å². The second kappa shape index (κ2) is 6.08. The van der Waals surface area contributed by atoms with Gasteiger partial charge in [-0.05, 0) is 50.2 Å². The Bertz CT molecular complexity index is 556. The number of benzene rings is 1. The van der Waals surface area contributed by atoms with E-state index in [2.05, 4.69) is 52.3 Å². The number of hydrogen-bond donors (Lipinski definition) is 1. The van der Waals surface area contributed by atoms with Crippen molar-refractivity contribution in [2.75, 3.05) is 64.8 Å². The van der Waals surface area contributed by atoms with Crippen LogP contribution >= 0.6 is 0 Å². The Kier molecular flexibility index (Phi) is 4.08.